The molecule has 0 unspecified atom stereocenters. The molecule has 0 saturated heterocycles. The van der Waals surface area contributed by atoms with E-state index in [1.807, 2.05) is 25.1 Å². The second-order valence-corrected chi connectivity index (χ2v) is 2.36. The minimum Gasteiger partial charge on any atom is -0.256 e. The molecule has 2 nitrogen and oxygen atoms in total. The summed E-state index contributed by atoms with van der Waals surface area (Å²) in [5.74, 6) is 0. The molecule has 1 heterocycles. The minimum absolute atomic E-state index is 0.533. The fourth-order valence-electron chi connectivity index (χ4n) is 0.801. The molecule has 1 rings (SSSR count). The zero-order valence-corrected chi connectivity index (χ0v) is 7.06. The molecule has 0 aliphatic carbocycles. The molecule has 0 aliphatic rings. The number of thiocarbonyl (C=S) groups is 1. The van der Waals surface area contributed by atoms with Crippen molar-refractivity contribution in [1.82, 2.24) is 4.98 Å². The Morgan fingerprint density at radius 1 is 1.64 bits per heavy atom. The molecule has 3 heteroatoms. The van der Waals surface area contributed by atoms with Gasteiger partial charge in [0, 0.05) is 5.69 Å². The van der Waals surface area contributed by atoms with E-state index >= 15 is 0 Å². The molecule has 0 amide bonds. The summed E-state index contributed by atoms with van der Waals surface area (Å²) in [6.07, 6.45) is 0. The standard InChI is InChI=1S/C8H8N2S/c1-7-3-2-4-8(10-7)5-9-6-11/h2-4H,5H2,1H3. The van der Waals surface area contributed by atoms with Gasteiger partial charge in [-0.1, -0.05) is 6.07 Å². The van der Waals surface area contributed by atoms with E-state index in [9.17, 15) is 0 Å². The fourth-order valence-corrected chi connectivity index (χ4v) is 0.865. The maximum absolute atomic E-state index is 4.44. The van der Waals surface area contributed by atoms with Gasteiger partial charge < -0.3 is 0 Å². The van der Waals surface area contributed by atoms with Crippen molar-refractivity contribution in [3.05, 3.63) is 29.6 Å². The smallest absolute Gasteiger partial charge is 0.0915 e. The lowest BCUT2D eigenvalue weighted by Gasteiger charge is -1.94. The molecule has 11 heavy (non-hydrogen) atoms. The number of hydrogen-bond donors (Lipinski definition) is 0. The van der Waals surface area contributed by atoms with Gasteiger partial charge in [-0.3, -0.25) is 4.98 Å². The normalized spacial score (nSPS) is 8.82. The molecule has 0 fully saturated rings. The Labute approximate surface area is 71.0 Å². The number of aryl methyl sites for hydroxylation is 1. The zero-order chi connectivity index (χ0) is 8.10. The molecular weight excluding hydrogens is 156 g/mol. The van der Waals surface area contributed by atoms with E-state index in [2.05, 4.69) is 27.4 Å². The average Bonchev–Trinajstić information content (AvgIpc) is 2.01. The monoisotopic (exact) mass is 164 g/mol. The highest BCUT2D eigenvalue weighted by Crippen LogP contribution is 1.98. The van der Waals surface area contributed by atoms with Crippen molar-refractivity contribution >= 4 is 17.4 Å². The first-order valence-electron chi connectivity index (χ1n) is 3.29. The van der Waals surface area contributed by atoms with Gasteiger partial charge in [0.1, 0.15) is 0 Å². The molecule has 0 saturated carbocycles. The maximum atomic E-state index is 4.44. The SMILES string of the molecule is Cc1cccc(CN=C=S)n1. The van der Waals surface area contributed by atoms with Crippen LogP contribution in [0.2, 0.25) is 0 Å². The van der Waals surface area contributed by atoms with E-state index in [0.717, 1.165) is 11.4 Å². The lowest BCUT2D eigenvalue weighted by atomic mass is 10.3. The molecule has 0 spiro atoms. The summed E-state index contributed by atoms with van der Waals surface area (Å²) in [5, 5.41) is 2.30. The van der Waals surface area contributed by atoms with Crippen molar-refractivity contribution in [2.24, 2.45) is 4.99 Å². The number of isothiocyanates is 1. The molecule has 56 valence electrons. The van der Waals surface area contributed by atoms with Gasteiger partial charge in [-0.15, -0.1) is 0 Å². The van der Waals surface area contributed by atoms with Crippen LogP contribution in [0.3, 0.4) is 0 Å². The highest BCUT2D eigenvalue weighted by molar-refractivity contribution is 7.78. The highest BCUT2D eigenvalue weighted by atomic mass is 32.1. The zero-order valence-electron chi connectivity index (χ0n) is 6.24. The van der Waals surface area contributed by atoms with Gasteiger partial charge in [-0.2, -0.15) is 0 Å². The predicted molar refractivity (Wildman–Crippen MR) is 47.7 cm³/mol. The molecule has 0 aromatic carbocycles. The van der Waals surface area contributed by atoms with Gasteiger partial charge in [-0.25, -0.2) is 4.99 Å². The van der Waals surface area contributed by atoms with E-state index in [4.69, 9.17) is 0 Å². The predicted octanol–water partition coefficient (Wildman–Crippen LogP) is 1.99. The Morgan fingerprint density at radius 3 is 3.09 bits per heavy atom. The van der Waals surface area contributed by atoms with Crippen LogP contribution in [0, 0.1) is 6.92 Å². The number of rotatable bonds is 2. The Kier molecular flexibility index (Phi) is 2.90. The van der Waals surface area contributed by atoms with Gasteiger partial charge in [0.2, 0.25) is 0 Å². The largest absolute Gasteiger partial charge is 0.256 e. The van der Waals surface area contributed by atoms with Gasteiger partial charge in [0.25, 0.3) is 0 Å². The van der Waals surface area contributed by atoms with Crippen LogP contribution >= 0.6 is 12.2 Å². The van der Waals surface area contributed by atoms with Crippen molar-refractivity contribution < 1.29 is 0 Å². The molecular formula is C8H8N2S. The molecule has 0 aliphatic heterocycles. The molecule has 0 atom stereocenters. The van der Waals surface area contributed by atoms with Crippen LogP contribution in [0.5, 0.6) is 0 Å². The topological polar surface area (TPSA) is 25.2 Å². The third-order valence-corrected chi connectivity index (χ3v) is 1.38. The summed E-state index contributed by atoms with van der Waals surface area (Å²) in [5.41, 5.74) is 1.93. The molecule has 0 N–H and O–H groups in total. The second kappa shape index (κ2) is 3.96. The Balaban J connectivity index is 2.79. The Bertz CT molecular complexity index is 290. The van der Waals surface area contributed by atoms with E-state index in [1.54, 1.807) is 0 Å². The first-order chi connectivity index (χ1) is 5.33. The van der Waals surface area contributed by atoms with Crippen LogP contribution < -0.4 is 0 Å². The number of aliphatic imine (C=N–C) groups is 1. The van der Waals surface area contributed by atoms with Gasteiger partial charge >= 0.3 is 0 Å². The summed E-state index contributed by atoms with van der Waals surface area (Å²) in [7, 11) is 0. The minimum atomic E-state index is 0.533. The first-order valence-corrected chi connectivity index (χ1v) is 3.70. The van der Waals surface area contributed by atoms with Crippen LogP contribution in [0.25, 0.3) is 0 Å². The molecule has 1 aromatic heterocycles. The number of nitrogens with zero attached hydrogens (tertiary/aromatic N) is 2. The lowest BCUT2D eigenvalue weighted by molar-refractivity contribution is 0.977. The summed E-state index contributed by atoms with van der Waals surface area (Å²) >= 11 is 4.44. The quantitative estimate of drug-likeness (QED) is 0.493. The third kappa shape index (κ3) is 2.58. The summed E-state index contributed by atoms with van der Waals surface area (Å²) < 4.78 is 0. The van der Waals surface area contributed by atoms with E-state index in [0.29, 0.717) is 6.54 Å². The van der Waals surface area contributed by atoms with Crippen molar-refractivity contribution in [2.45, 2.75) is 13.5 Å². The molecule has 0 radical (unpaired) electrons. The van der Waals surface area contributed by atoms with Gasteiger partial charge in [-0.05, 0) is 31.3 Å². The molecule has 0 bridgehead atoms. The van der Waals surface area contributed by atoms with Crippen LogP contribution in [0.15, 0.2) is 23.2 Å². The summed E-state index contributed by atoms with van der Waals surface area (Å²) in [6, 6.07) is 5.82. The maximum Gasteiger partial charge on any atom is 0.0915 e. The van der Waals surface area contributed by atoms with Gasteiger partial charge in [0.05, 0.1) is 17.4 Å². The number of hydrogen-bond acceptors (Lipinski definition) is 3. The van der Waals surface area contributed by atoms with Crippen molar-refractivity contribution in [1.29, 1.82) is 0 Å². The highest BCUT2D eigenvalue weighted by Gasteiger charge is 1.90. The van der Waals surface area contributed by atoms with Crippen LogP contribution in [-0.4, -0.2) is 10.1 Å². The lowest BCUT2D eigenvalue weighted by Crippen LogP contribution is -1.88. The molecule has 1 aromatic rings. The third-order valence-electron chi connectivity index (χ3n) is 1.25. The van der Waals surface area contributed by atoms with Crippen LogP contribution in [0.1, 0.15) is 11.4 Å². The van der Waals surface area contributed by atoms with E-state index in [1.165, 1.54) is 0 Å². The fraction of sp³-hybridized carbons (Fsp3) is 0.250. The summed E-state index contributed by atoms with van der Waals surface area (Å²) in [6.45, 7) is 2.48. The average molecular weight is 164 g/mol. The van der Waals surface area contributed by atoms with Crippen LogP contribution in [0.4, 0.5) is 0 Å². The number of aromatic nitrogens is 1. The van der Waals surface area contributed by atoms with Crippen molar-refractivity contribution in [3.63, 3.8) is 0 Å². The van der Waals surface area contributed by atoms with E-state index < -0.39 is 0 Å². The van der Waals surface area contributed by atoms with E-state index in [-0.39, 0.29) is 0 Å². The second-order valence-electron chi connectivity index (χ2n) is 2.18. The number of pyridine rings is 1. The van der Waals surface area contributed by atoms with Gasteiger partial charge in [0.15, 0.2) is 0 Å². The Hall–Kier alpha value is -1.05. The van der Waals surface area contributed by atoms with Crippen molar-refractivity contribution in [2.75, 3.05) is 0 Å². The summed E-state index contributed by atoms with van der Waals surface area (Å²) in [4.78, 5) is 8.02. The van der Waals surface area contributed by atoms with Crippen LogP contribution in [-0.2, 0) is 6.54 Å². The Morgan fingerprint density at radius 2 is 2.45 bits per heavy atom. The first kappa shape index (κ1) is 8.05. The van der Waals surface area contributed by atoms with Crippen molar-refractivity contribution in [3.8, 4) is 0 Å².